The first-order valence-electron chi connectivity index (χ1n) is 2.89. The van der Waals surface area contributed by atoms with Crippen LogP contribution in [0.3, 0.4) is 0 Å². The maximum atomic E-state index is 10.6. The van der Waals surface area contributed by atoms with Crippen LogP contribution in [-0.4, -0.2) is 25.1 Å². The van der Waals surface area contributed by atoms with Crippen LogP contribution in [0.4, 0.5) is 0 Å². The van der Waals surface area contributed by atoms with Crippen LogP contribution in [0.25, 0.3) is 11.2 Å². The minimum Gasteiger partial charge on any atom is -0.244 e. The predicted molar refractivity (Wildman–Crippen MR) is 35.7 cm³/mol. The van der Waals surface area contributed by atoms with E-state index in [0.717, 1.165) is 0 Å². The molecule has 0 fully saturated rings. The van der Waals surface area contributed by atoms with E-state index in [9.17, 15) is 4.79 Å². The Morgan fingerprint density at radius 1 is 1.45 bits per heavy atom. The summed E-state index contributed by atoms with van der Waals surface area (Å²) in [6, 6.07) is 0. The van der Waals surface area contributed by atoms with Crippen LogP contribution in [0.1, 0.15) is 0 Å². The minimum atomic E-state index is -0.493. The van der Waals surface area contributed by atoms with E-state index >= 15 is 0 Å². The van der Waals surface area contributed by atoms with Crippen molar-refractivity contribution in [2.24, 2.45) is 0 Å². The standard InChI is InChI=1S/C5H3N5O/c11-5-8-3-1-6-2-7-4(3)9-10-5/h1-2H,(H,8,10,11). The summed E-state index contributed by atoms with van der Waals surface area (Å²) >= 11 is 0. The molecule has 0 unspecified atom stereocenters. The second-order valence-electron chi connectivity index (χ2n) is 1.87. The molecule has 0 saturated carbocycles. The molecule has 2 rings (SSSR count). The van der Waals surface area contributed by atoms with E-state index in [0.29, 0.717) is 11.2 Å². The first kappa shape index (κ1) is 5.90. The SMILES string of the molecule is O=c1nc2cncnc2n[nH]1. The highest BCUT2D eigenvalue weighted by Crippen LogP contribution is 1.94. The Morgan fingerprint density at radius 2 is 2.36 bits per heavy atom. The Bertz CT molecular complexity index is 436. The molecule has 2 aromatic heterocycles. The largest absolute Gasteiger partial charge is 0.362 e. The summed E-state index contributed by atoms with van der Waals surface area (Å²) in [6.07, 6.45) is 2.78. The lowest BCUT2D eigenvalue weighted by Gasteiger charge is -1.88. The minimum absolute atomic E-state index is 0.389. The molecule has 6 heteroatoms. The van der Waals surface area contributed by atoms with Gasteiger partial charge in [-0.2, -0.15) is 4.98 Å². The number of hydrogen-bond donors (Lipinski definition) is 1. The summed E-state index contributed by atoms with van der Waals surface area (Å²) in [7, 11) is 0. The van der Waals surface area contributed by atoms with E-state index in [-0.39, 0.29) is 0 Å². The maximum Gasteiger partial charge on any atom is 0.362 e. The van der Waals surface area contributed by atoms with Gasteiger partial charge in [0, 0.05) is 0 Å². The number of H-pyrrole nitrogens is 1. The summed E-state index contributed by atoms with van der Waals surface area (Å²) in [6.45, 7) is 0. The molecule has 0 aromatic carbocycles. The number of nitrogens with zero attached hydrogens (tertiary/aromatic N) is 4. The molecule has 0 aliphatic heterocycles. The number of aromatic amines is 1. The van der Waals surface area contributed by atoms with Crippen molar-refractivity contribution in [2.75, 3.05) is 0 Å². The van der Waals surface area contributed by atoms with Crippen LogP contribution < -0.4 is 5.69 Å². The van der Waals surface area contributed by atoms with Crippen molar-refractivity contribution in [3.63, 3.8) is 0 Å². The molecule has 0 bridgehead atoms. The van der Waals surface area contributed by atoms with Gasteiger partial charge in [0.1, 0.15) is 11.8 Å². The molecular weight excluding hydrogens is 146 g/mol. The molecule has 0 radical (unpaired) electrons. The van der Waals surface area contributed by atoms with Gasteiger partial charge in [-0.15, -0.1) is 5.10 Å². The fraction of sp³-hybridized carbons (Fsp3) is 0. The molecule has 1 N–H and O–H groups in total. The smallest absolute Gasteiger partial charge is 0.244 e. The summed E-state index contributed by atoms with van der Waals surface area (Å²) in [5.41, 5.74) is 0.295. The first-order valence-corrected chi connectivity index (χ1v) is 2.89. The topological polar surface area (TPSA) is 84.4 Å². The van der Waals surface area contributed by atoms with Gasteiger partial charge < -0.3 is 0 Å². The molecule has 11 heavy (non-hydrogen) atoms. The maximum absolute atomic E-state index is 10.6. The molecule has 6 nitrogen and oxygen atoms in total. The molecule has 0 amide bonds. The Morgan fingerprint density at radius 3 is 3.27 bits per heavy atom. The van der Waals surface area contributed by atoms with Crippen LogP contribution in [-0.2, 0) is 0 Å². The van der Waals surface area contributed by atoms with Gasteiger partial charge in [0.15, 0.2) is 0 Å². The summed E-state index contributed by atoms with van der Waals surface area (Å²) in [5, 5.41) is 5.80. The highest BCUT2D eigenvalue weighted by Gasteiger charge is 1.95. The highest BCUT2D eigenvalue weighted by atomic mass is 16.1. The quantitative estimate of drug-likeness (QED) is 0.525. The molecule has 54 valence electrons. The Hall–Kier alpha value is -1.85. The van der Waals surface area contributed by atoms with Crippen molar-refractivity contribution in [3.05, 3.63) is 23.0 Å². The zero-order valence-corrected chi connectivity index (χ0v) is 5.35. The van der Waals surface area contributed by atoms with Gasteiger partial charge in [-0.25, -0.2) is 19.9 Å². The lowest BCUT2D eigenvalue weighted by molar-refractivity contribution is 0.938. The van der Waals surface area contributed by atoms with Crippen molar-refractivity contribution in [1.29, 1.82) is 0 Å². The monoisotopic (exact) mass is 149 g/mol. The normalized spacial score (nSPS) is 10.2. The zero-order chi connectivity index (χ0) is 7.68. The third-order valence-electron chi connectivity index (χ3n) is 1.15. The highest BCUT2D eigenvalue weighted by molar-refractivity contribution is 5.65. The third kappa shape index (κ3) is 0.936. The lowest BCUT2D eigenvalue weighted by Crippen LogP contribution is -2.12. The number of rotatable bonds is 0. The van der Waals surface area contributed by atoms with Crippen LogP contribution in [0.2, 0.25) is 0 Å². The zero-order valence-electron chi connectivity index (χ0n) is 5.35. The number of nitrogens with one attached hydrogen (secondary N) is 1. The summed E-state index contributed by atoms with van der Waals surface area (Å²) < 4.78 is 0. The van der Waals surface area contributed by atoms with Crippen molar-refractivity contribution < 1.29 is 0 Å². The molecule has 2 heterocycles. The van der Waals surface area contributed by atoms with Crippen LogP contribution in [0.15, 0.2) is 17.3 Å². The number of aromatic nitrogens is 5. The van der Waals surface area contributed by atoms with E-state index < -0.39 is 5.69 Å². The second-order valence-corrected chi connectivity index (χ2v) is 1.87. The third-order valence-corrected chi connectivity index (χ3v) is 1.15. The van der Waals surface area contributed by atoms with Crippen LogP contribution >= 0.6 is 0 Å². The van der Waals surface area contributed by atoms with Crippen molar-refractivity contribution in [2.45, 2.75) is 0 Å². The molecular formula is C5H3N5O. The van der Waals surface area contributed by atoms with Gasteiger partial charge in [0.2, 0.25) is 5.65 Å². The van der Waals surface area contributed by atoms with Gasteiger partial charge in [0.05, 0.1) is 6.20 Å². The van der Waals surface area contributed by atoms with E-state index in [2.05, 4.69) is 25.1 Å². The fourth-order valence-electron chi connectivity index (χ4n) is 0.716. The first-order chi connectivity index (χ1) is 5.36. The van der Waals surface area contributed by atoms with E-state index in [1.54, 1.807) is 0 Å². The molecule has 0 atom stereocenters. The molecule has 0 aliphatic carbocycles. The van der Waals surface area contributed by atoms with Crippen molar-refractivity contribution >= 4 is 11.2 Å². The van der Waals surface area contributed by atoms with E-state index in [1.165, 1.54) is 12.5 Å². The van der Waals surface area contributed by atoms with Gasteiger partial charge in [-0.05, 0) is 0 Å². The van der Waals surface area contributed by atoms with Crippen LogP contribution in [0, 0.1) is 0 Å². The van der Waals surface area contributed by atoms with Crippen molar-refractivity contribution in [1.82, 2.24) is 25.1 Å². The number of fused-ring (bicyclic) bond motifs is 1. The van der Waals surface area contributed by atoms with E-state index in [4.69, 9.17) is 0 Å². The molecule has 0 aliphatic rings. The average molecular weight is 149 g/mol. The van der Waals surface area contributed by atoms with Gasteiger partial charge in [-0.1, -0.05) is 0 Å². The molecule has 0 saturated heterocycles. The van der Waals surface area contributed by atoms with Crippen molar-refractivity contribution in [3.8, 4) is 0 Å². The summed E-state index contributed by atoms with van der Waals surface area (Å²) in [4.78, 5) is 21.6. The average Bonchev–Trinajstić information content (AvgIpc) is 2.04. The Balaban J connectivity index is 2.94. The second kappa shape index (κ2) is 2.08. The van der Waals surface area contributed by atoms with E-state index in [1.807, 2.05) is 0 Å². The predicted octanol–water partition coefficient (Wildman–Crippen LogP) is -0.892. The van der Waals surface area contributed by atoms with Gasteiger partial charge in [-0.3, -0.25) is 0 Å². The summed E-state index contributed by atoms with van der Waals surface area (Å²) in [5.74, 6) is 0. The lowest BCUT2D eigenvalue weighted by atomic mass is 10.5. The van der Waals surface area contributed by atoms with Crippen LogP contribution in [0.5, 0.6) is 0 Å². The Labute approximate surface area is 60.3 Å². The molecule has 0 spiro atoms. The molecule has 2 aromatic rings. The van der Waals surface area contributed by atoms with Gasteiger partial charge in [0.25, 0.3) is 0 Å². The fourth-order valence-corrected chi connectivity index (χ4v) is 0.716. The Kier molecular flexibility index (Phi) is 1.12. The number of hydrogen-bond acceptors (Lipinski definition) is 5. The van der Waals surface area contributed by atoms with Gasteiger partial charge >= 0.3 is 5.69 Å².